The number of benzene rings is 1. The molecule has 0 saturated heterocycles. The van der Waals surface area contributed by atoms with Gasteiger partial charge in [-0.15, -0.1) is 0 Å². The normalized spacial score (nSPS) is 10.1. The average molecular weight is 220 g/mol. The zero-order valence-electron chi connectivity index (χ0n) is 8.20. The number of nitrogens with one attached hydrogen (secondary N) is 2. The molecule has 0 aliphatic carbocycles. The van der Waals surface area contributed by atoms with Crippen molar-refractivity contribution >= 4 is 17.4 Å². The van der Waals surface area contributed by atoms with E-state index in [1.165, 1.54) is 30.3 Å². The third-order valence-corrected chi connectivity index (χ3v) is 1.94. The van der Waals surface area contributed by atoms with Crippen LogP contribution in [0, 0.1) is 5.82 Å². The molecule has 5 nitrogen and oxygen atoms in total. The van der Waals surface area contributed by atoms with Crippen molar-refractivity contribution in [3.05, 3.63) is 41.8 Å². The average Bonchev–Trinajstić information content (AvgIpc) is 2.68. The van der Waals surface area contributed by atoms with E-state index in [0.717, 1.165) is 0 Å². The van der Waals surface area contributed by atoms with Crippen LogP contribution >= 0.6 is 0 Å². The third kappa shape index (κ3) is 2.17. The molecule has 0 saturated carbocycles. The van der Waals surface area contributed by atoms with E-state index in [4.69, 9.17) is 5.73 Å². The number of hydrogen-bond acceptors (Lipinski definition) is 3. The molecule has 0 atom stereocenters. The second kappa shape index (κ2) is 4.01. The summed E-state index contributed by atoms with van der Waals surface area (Å²) in [6, 6.07) is 6.87. The van der Waals surface area contributed by atoms with E-state index < -0.39 is 0 Å². The molecule has 6 heteroatoms. The predicted octanol–water partition coefficient (Wildman–Crippen LogP) is 1.38. The highest BCUT2D eigenvalue weighted by molar-refractivity contribution is 6.03. The van der Waals surface area contributed by atoms with Crippen LogP contribution in [-0.2, 0) is 0 Å². The number of nitrogens with two attached hydrogens (primary N) is 1. The lowest BCUT2D eigenvalue weighted by Gasteiger charge is -2.02. The van der Waals surface area contributed by atoms with Crippen molar-refractivity contribution in [2.75, 3.05) is 11.1 Å². The monoisotopic (exact) mass is 220 g/mol. The van der Waals surface area contributed by atoms with Crippen LogP contribution in [-0.4, -0.2) is 16.1 Å². The summed E-state index contributed by atoms with van der Waals surface area (Å²) in [4.78, 5) is 11.6. The maximum atomic E-state index is 12.6. The van der Waals surface area contributed by atoms with Crippen molar-refractivity contribution in [1.82, 2.24) is 10.2 Å². The van der Waals surface area contributed by atoms with Gasteiger partial charge in [0.25, 0.3) is 5.91 Å². The molecule has 0 aliphatic heterocycles. The third-order valence-electron chi connectivity index (χ3n) is 1.94. The van der Waals surface area contributed by atoms with Crippen molar-refractivity contribution in [3.8, 4) is 0 Å². The minimum Gasteiger partial charge on any atom is -0.382 e. The zero-order chi connectivity index (χ0) is 11.5. The molecular formula is C10H9FN4O. The predicted molar refractivity (Wildman–Crippen MR) is 57.4 cm³/mol. The molecule has 1 aromatic carbocycles. The second-order valence-electron chi connectivity index (χ2n) is 3.17. The Bertz CT molecular complexity index is 506. The number of nitrogen functional groups attached to an aromatic ring is 1. The highest BCUT2D eigenvalue weighted by Crippen LogP contribution is 2.10. The van der Waals surface area contributed by atoms with Gasteiger partial charge in [-0.3, -0.25) is 9.89 Å². The summed E-state index contributed by atoms with van der Waals surface area (Å²) < 4.78 is 12.6. The van der Waals surface area contributed by atoms with Gasteiger partial charge < -0.3 is 11.1 Å². The fourth-order valence-corrected chi connectivity index (χ4v) is 1.19. The number of aromatic nitrogens is 2. The van der Waals surface area contributed by atoms with E-state index in [2.05, 4.69) is 15.5 Å². The summed E-state index contributed by atoms with van der Waals surface area (Å²) in [5.74, 6) is -0.496. The van der Waals surface area contributed by atoms with Crippen molar-refractivity contribution in [2.24, 2.45) is 0 Å². The first kappa shape index (κ1) is 10.2. The van der Waals surface area contributed by atoms with Crippen LogP contribution in [0.2, 0.25) is 0 Å². The molecule has 0 radical (unpaired) electrons. The summed E-state index contributed by atoms with van der Waals surface area (Å²) in [6.45, 7) is 0. The van der Waals surface area contributed by atoms with Gasteiger partial charge in [0, 0.05) is 11.8 Å². The number of hydrogen-bond donors (Lipinski definition) is 3. The number of aromatic amines is 1. The lowest BCUT2D eigenvalue weighted by atomic mass is 10.3. The molecule has 82 valence electrons. The van der Waals surface area contributed by atoms with Crippen LogP contribution in [0.3, 0.4) is 0 Å². The van der Waals surface area contributed by atoms with E-state index in [1.54, 1.807) is 0 Å². The van der Waals surface area contributed by atoms with Gasteiger partial charge in [0.15, 0.2) is 0 Å². The molecule has 1 amide bonds. The molecule has 16 heavy (non-hydrogen) atoms. The fraction of sp³-hybridized carbons (Fsp3) is 0. The summed E-state index contributed by atoms with van der Waals surface area (Å²) in [6.07, 6.45) is 0. The molecular weight excluding hydrogens is 211 g/mol. The zero-order valence-corrected chi connectivity index (χ0v) is 8.20. The van der Waals surface area contributed by atoms with Gasteiger partial charge in [-0.25, -0.2) is 4.39 Å². The van der Waals surface area contributed by atoms with Crippen LogP contribution in [0.4, 0.5) is 15.9 Å². The lowest BCUT2D eigenvalue weighted by molar-refractivity contribution is 0.102. The number of H-pyrrole nitrogens is 1. The molecule has 0 aliphatic rings. The summed E-state index contributed by atoms with van der Waals surface area (Å²) >= 11 is 0. The quantitative estimate of drug-likeness (QED) is 0.714. The maximum absolute atomic E-state index is 12.6. The number of nitrogens with zero attached hydrogens (tertiary/aromatic N) is 1. The van der Waals surface area contributed by atoms with Gasteiger partial charge in [0.2, 0.25) is 0 Å². The highest BCUT2D eigenvalue weighted by Gasteiger charge is 2.08. The Morgan fingerprint density at radius 3 is 2.62 bits per heavy atom. The summed E-state index contributed by atoms with van der Waals surface area (Å²) in [7, 11) is 0. The highest BCUT2D eigenvalue weighted by atomic mass is 19.1. The van der Waals surface area contributed by atoms with Gasteiger partial charge in [0.05, 0.1) is 0 Å². The molecule has 1 heterocycles. The van der Waals surface area contributed by atoms with Crippen LogP contribution in [0.15, 0.2) is 30.3 Å². The number of carbonyl (C=O) groups excluding carboxylic acids is 1. The van der Waals surface area contributed by atoms with E-state index >= 15 is 0 Å². The SMILES string of the molecule is Nc1cc(C(=O)Nc2ccc(F)cc2)[nH]n1. The minimum absolute atomic E-state index is 0.240. The van der Waals surface area contributed by atoms with E-state index in [0.29, 0.717) is 5.69 Å². The van der Waals surface area contributed by atoms with Crippen molar-refractivity contribution < 1.29 is 9.18 Å². The largest absolute Gasteiger partial charge is 0.382 e. The van der Waals surface area contributed by atoms with Crippen LogP contribution < -0.4 is 11.1 Å². The number of anilines is 2. The molecule has 0 spiro atoms. The fourth-order valence-electron chi connectivity index (χ4n) is 1.19. The van der Waals surface area contributed by atoms with Crippen LogP contribution in [0.5, 0.6) is 0 Å². The Kier molecular flexibility index (Phi) is 2.55. The molecule has 4 N–H and O–H groups in total. The van der Waals surface area contributed by atoms with E-state index in [-0.39, 0.29) is 23.2 Å². The number of halogens is 1. The Morgan fingerprint density at radius 1 is 1.38 bits per heavy atom. The summed E-state index contributed by atoms with van der Waals surface area (Å²) in [5.41, 5.74) is 6.11. The van der Waals surface area contributed by atoms with Crippen LogP contribution in [0.1, 0.15) is 10.5 Å². The first-order valence-corrected chi connectivity index (χ1v) is 4.53. The first-order valence-electron chi connectivity index (χ1n) is 4.53. The summed E-state index contributed by atoms with van der Waals surface area (Å²) in [5, 5.41) is 8.67. The number of rotatable bonds is 2. The lowest BCUT2D eigenvalue weighted by Crippen LogP contribution is -2.12. The van der Waals surface area contributed by atoms with Crippen molar-refractivity contribution in [3.63, 3.8) is 0 Å². The first-order chi connectivity index (χ1) is 7.65. The van der Waals surface area contributed by atoms with Crippen molar-refractivity contribution in [1.29, 1.82) is 0 Å². The standard InChI is InChI=1S/C10H9FN4O/c11-6-1-3-7(4-2-6)13-10(16)8-5-9(12)15-14-8/h1-5H,(H,13,16)(H3,12,14,15). The van der Waals surface area contributed by atoms with Crippen LogP contribution in [0.25, 0.3) is 0 Å². The Balaban J connectivity index is 2.10. The molecule has 2 rings (SSSR count). The van der Waals surface area contributed by atoms with Gasteiger partial charge in [0.1, 0.15) is 17.3 Å². The Labute approximate surface area is 90.5 Å². The molecule has 0 fully saturated rings. The van der Waals surface area contributed by atoms with Gasteiger partial charge >= 0.3 is 0 Å². The smallest absolute Gasteiger partial charge is 0.273 e. The van der Waals surface area contributed by atoms with Gasteiger partial charge in [-0.1, -0.05) is 0 Å². The second-order valence-corrected chi connectivity index (χ2v) is 3.17. The van der Waals surface area contributed by atoms with Crippen molar-refractivity contribution in [2.45, 2.75) is 0 Å². The topological polar surface area (TPSA) is 83.8 Å². The van der Waals surface area contributed by atoms with E-state index in [1.807, 2.05) is 0 Å². The number of carbonyl (C=O) groups is 1. The van der Waals surface area contributed by atoms with E-state index in [9.17, 15) is 9.18 Å². The number of amides is 1. The molecule has 1 aromatic heterocycles. The maximum Gasteiger partial charge on any atom is 0.273 e. The molecule has 0 bridgehead atoms. The molecule has 2 aromatic rings. The minimum atomic E-state index is -0.379. The Hall–Kier alpha value is -2.37. The van der Waals surface area contributed by atoms with Gasteiger partial charge in [-0.05, 0) is 24.3 Å². The van der Waals surface area contributed by atoms with Gasteiger partial charge in [-0.2, -0.15) is 5.10 Å². The Morgan fingerprint density at radius 2 is 2.06 bits per heavy atom. The molecule has 0 unspecified atom stereocenters.